The quantitative estimate of drug-likeness (QED) is 0.274. The summed E-state index contributed by atoms with van der Waals surface area (Å²) >= 11 is 0. The Morgan fingerprint density at radius 2 is 1.54 bits per heavy atom. The predicted molar refractivity (Wildman–Crippen MR) is 140 cm³/mol. The van der Waals surface area contributed by atoms with Gasteiger partial charge in [0.25, 0.3) is 0 Å². The summed E-state index contributed by atoms with van der Waals surface area (Å²) in [6, 6.07) is 16.7. The number of amides is 1. The average Bonchev–Trinajstić information content (AvgIpc) is 3.33. The predicted octanol–water partition coefficient (Wildman–Crippen LogP) is 6.93. The maximum absolute atomic E-state index is 12.4. The van der Waals surface area contributed by atoms with Gasteiger partial charge in [-0.2, -0.15) is 0 Å². The Labute approximate surface area is 210 Å². The standard InChI is InChI=1S/C30H41NO4/c1-30(2,3)35-29(33)31-19-18-27(22-31)25-16-10-14-23(20-25)12-8-6-5-7-9-13-24-15-11-17-26(21-24)28(32)34-4/h10-11,14-17,20-21,27H,5-9,12-13,18-19,22H2,1-4H3. The fourth-order valence-electron chi connectivity index (χ4n) is 4.69. The van der Waals surface area contributed by atoms with Gasteiger partial charge in [-0.3, -0.25) is 0 Å². The van der Waals surface area contributed by atoms with E-state index in [4.69, 9.17) is 9.47 Å². The zero-order chi connectivity index (χ0) is 25.3. The normalized spacial score (nSPS) is 15.8. The van der Waals surface area contributed by atoms with E-state index in [-0.39, 0.29) is 12.1 Å². The number of likely N-dealkylation sites (tertiary alicyclic amines) is 1. The summed E-state index contributed by atoms with van der Waals surface area (Å²) in [7, 11) is 1.42. The molecule has 1 unspecified atom stereocenters. The SMILES string of the molecule is COC(=O)c1cccc(CCCCCCCc2cccc(C3CCN(C(=O)OC(C)(C)C)C3)c2)c1. The van der Waals surface area contributed by atoms with Gasteiger partial charge in [-0.25, -0.2) is 9.59 Å². The van der Waals surface area contributed by atoms with Crippen molar-refractivity contribution in [2.24, 2.45) is 0 Å². The summed E-state index contributed by atoms with van der Waals surface area (Å²) in [4.78, 5) is 25.9. The van der Waals surface area contributed by atoms with Gasteiger partial charge >= 0.3 is 12.1 Å². The second-order valence-electron chi connectivity index (χ2n) is 10.6. The smallest absolute Gasteiger partial charge is 0.410 e. The van der Waals surface area contributed by atoms with Crippen molar-refractivity contribution in [3.63, 3.8) is 0 Å². The van der Waals surface area contributed by atoms with Crippen LogP contribution in [0.4, 0.5) is 4.79 Å². The van der Waals surface area contributed by atoms with Crippen LogP contribution in [0.1, 0.15) is 92.3 Å². The van der Waals surface area contributed by atoms with Crippen molar-refractivity contribution in [1.29, 1.82) is 0 Å². The number of methoxy groups -OCH3 is 1. The van der Waals surface area contributed by atoms with E-state index in [1.54, 1.807) is 6.07 Å². The molecule has 190 valence electrons. The first kappa shape index (κ1) is 26.8. The molecule has 1 atom stereocenters. The number of unbranched alkanes of at least 4 members (excludes halogenated alkanes) is 4. The first-order valence-electron chi connectivity index (χ1n) is 13.0. The fraction of sp³-hybridized carbons (Fsp3) is 0.533. The highest BCUT2D eigenvalue weighted by Crippen LogP contribution is 2.29. The molecule has 35 heavy (non-hydrogen) atoms. The largest absolute Gasteiger partial charge is 0.465 e. The summed E-state index contributed by atoms with van der Waals surface area (Å²) in [6.45, 7) is 7.23. The molecule has 1 fully saturated rings. The van der Waals surface area contributed by atoms with Crippen LogP contribution < -0.4 is 0 Å². The van der Waals surface area contributed by atoms with Crippen LogP contribution in [0, 0.1) is 0 Å². The molecule has 0 radical (unpaired) electrons. The molecule has 1 heterocycles. The molecule has 2 aromatic carbocycles. The Morgan fingerprint density at radius 1 is 0.914 bits per heavy atom. The van der Waals surface area contributed by atoms with E-state index in [0.717, 1.165) is 38.8 Å². The molecule has 1 amide bonds. The number of carbonyl (C=O) groups is 2. The van der Waals surface area contributed by atoms with Crippen LogP contribution in [0.15, 0.2) is 48.5 Å². The molecule has 0 aromatic heterocycles. The number of hydrogen-bond acceptors (Lipinski definition) is 4. The highest BCUT2D eigenvalue weighted by molar-refractivity contribution is 5.89. The number of hydrogen-bond donors (Lipinski definition) is 0. The van der Waals surface area contributed by atoms with Crippen LogP contribution in [0.2, 0.25) is 0 Å². The minimum absolute atomic E-state index is 0.202. The van der Waals surface area contributed by atoms with Crippen LogP contribution in [0.3, 0.4) is 0 Å². The second kappa shape index (κ2) is 12.8. The lowest BCUT2D eigenvalue weighted by molar-refractivity contribution is 0.0292. The van der Waals surface area contributed by atoms with E-state index in [0.29, 0.717) is 11.5 Å². The summed E-state index contributed by atoms with van der Waals surface area (Å²) in [5, 5.41) is 0. The van der Waals surface area contributed by atoms with Crippen molar-refractivity contribution in [3.8, 4) is 0 Å². The molecule has 1 aliphatic rings. The van der Waals surface area contributed by atoms with Crippen molar-refractivity contribution in [3.05, 3.63) is 70.8 Å². The molecule has 1 saturated heterocycles. The monoisotopic (exact) mass is 479 g/mol. The van der Waals surface area contributed by atoms with Gasteiger partial charge < -0.3 is 14.4 Å². The Balaban J connectivity index is 1.35. The summed E-state index contributed by atoms with van der Waals surface area (Å²) < 4.78 is 10.3. The second-order valence-corrected chi connectivity index (χ2v) is 10.6. The maximum Gasteiger partial charge on any atom is 0.410 e. The lowest BCUT2D eigenvalue weighted by Crippen LogP contribution is -2.35. The summed E-state index contributed by atoms with van der Waals surface area (Å²) in [5.74, 6) is 0.115. The molecule has 0 bridgehead atoms. The highest BCUT2D eigenvalue weighted by Gasteiger charge is 2.30. The van der Waals surface area contributed by atoms with E-state index in [1.807, 2.05) is 37.8 Å². The Morgan fingerprint density at radius 3 is 2.20 bits per heavy atom. The average molecular weight is 480 g/mol. The molecule has 0 saturated carbocycles. The minimum atomic E-state index is -0.454. The minimum Gasteiger partial charge on any atom is -0.465 e. The van der Waals surface area contributed by atoms with E-state index in [9.17, 15) is 9.59 Å². The van der Waals surface area contributed by atoms with Crippen molar-refractivity contribution in [2.45, 2.75) is 83.7 Å². The van der Waals surface area contributed by atoms with Crippen LogP contribution in [0.5, 0.6) is 0 Å². The van der Waals surface area contributed by atoms with Gasteiger partial charge in [-0.15, -0.1) is 0 Å². The van der Waals surface area contributed by atoms with Gasteiger partial charge in [0, 0.05) is 19.0 Å². The molecule has 1 aliphatic heterocycles. The number of benzene rings is 2. The molecule has 5 heteroatoms. The Kier molecular flexibility index (Phi) is 9.76. The van der Waals surface area contributed by atoms with Gasteiger partial charge in [0.15, 0.2) is 0 Å². The van der Waals surface area contributed by atoms with Gasteiger partial charge in [0.1, 0.15) is 5.60 Å². The topological polar surface area (TPSA) is 55.8 Å². The molecule has 5 nitrogen and oxygen atoms in total. The molecule has 2 aromatic rings. The van der Waals surface area contributed by atoms with Crippen molar-refractivity contribution in [1.82, 2.24) is 4.90 Å². The van der Waals surface area contributed by atoms with Crippen LogP contribution in [-0.2, 0) is 22.3 Å². The molecule has 0 aliphatic carbocycles. The lowest BCUT2D eigenvalue weighted by Gasteiger charge is -2.24. The third kappa shape index (κ3) is 8.72. The lowest BCUT2D eigenvalue weighted by atomic mass is 9.95. The number of aryl methyl sites for hydroxylation is 2. The zero-order valence-electron chi connectivity index (χ0n) is 21.8. The first-order chi connectivity index (χ1) is 16.7. The van der Waals surface area contributed by atoms with Crippen LogP contribution >= 0.6 is 0 Å². The first-order valence-corrected chi connectivity index (χ1v) is 13.0. The third-order valence-electron chi connectivity index (χ3n) is 6.54. The van der Waals surface area contributed by atoms with Crippen LogP contribution in [0.25, 0.3) is 0 Å². The molecule has 0 spiro atoms. The zero-order valence-corrected chi connectivity index (χ0v) is 21.8. The van der Waals surface area contributed by atoms with Crippen LogP contribution in [-0.4, -0.2) is 42.8 Å². The molecular formula is C30H41NO4. The van der Waals surface area contributed by atoms with Gasteiger partial charge in [0.05, 0.1) is 12.7 Å². The molecule has 3 rings (SSSR count). The van der Waals surface area contributed by atoms with Crippen molar-refractivity contribution < 1.29 is 19.1 Å². The van der Waals surface area contributed by atoms with Gasteiger partial charge in [0.2, 0.25) is 0 Å². The van der Waals surface area contributed by atoms with E-state index in [2.05, 4.69) is 30.3 Å². The molecular weight excluding hydrogens is 438 g/mol. The third-order valence-corrected chi connectivity index (χ3v) is 6.54. The summed E-state index contributed by atoms with van der Waals surface area (Å²) in [6.07, 6.45) is 8.85. The number of rotatable bonds is 10. The highest BCUT2D eigenvalue weighted by atomic mass is 16.6. The Hall–Kier alpha value is -2.82. The number of ether oxygens (including phenoxy) is 2. The van der Waals surface area contributed by atoms with E-state index in [1.165, 1.54) is 49.5 Å². The number of esters is 1. The Bertz CT molecular complexity index is 978. The van der Waals surface area contributed by atoms with E-state index < -0.39 is 5.60 Å². The number of nitrogens with zero attached hydrogens (tertiary/aromatic N) is 1. The number of carbonyl (C=O) groups excluding carboxylic acids is 2. The van der Waals surface area contributed by atoms with Crippen molar-refractivity contribution in [2.75, 3.05) is 20.2 Å². The molecule has 0 N–H and O–H groups in total. The summed E-state index contributed by atoms with van der Waals surface area (Å²) in [5.41, 5.74) is 4.09. The van der Waals surface area contributed by atoms with Crippen molar-refractivity contribution >= 4 is 12.1 Å². The fourth-order valence-corrected chi connectivity index (χ4v) is 4.69. The van der Waals surface area contributed by atoms with E-state index >= 15 is 0 Å². The maximum atomic E-state index is 12.4. The van der Waals surface area contributed by atoms with Gasteiger partial charge in [-0.1, -0.05) is 55.7 Å². The van der Waals surface area contributed by atoms with Gasteiger partial charge in [-0.05, 0) is 81.7 Å².